The Hall–Kier alpha value is -1.23. The third-order valence-corrected chi connectivity index (χ3v) is 3.34. The number of nitrogens with two attached hydrogens (primary N) is 1. The van der Waals surface area contributed by atoms with Gasteiger partial charge in [-0.25, -0.2) is 14.4 Å². The highest BCUT2D eigenvalue weighted by molar-refractivity contribution is 5.42. The van der Waals surface area contributed by atoms with Gasteiger partial charge < -0.3 is 10.6 Å². The van der Waals surface area contributed by atoms with E-state index >= 15 is 0 Å². The van der Waals surface area contributed by atoms with Crippen molar-refractivity contribution in [1.29, 1.82) is 0 Å². The fraction of sp³-hybridized carbons (Fsp3) is 0.667. The molecule has 2 rings (SSSR count). The van der Waals surface area contributed by atoms with Crippen LogP contribution in [0.5, 0.6) is 0 Å². The number of aromatic nitrogens is 2. The third-order valence-electron chi connectivity index (χ3n) is 3.34. The number of nitrogens with zero attached hydrogens (tertiary/aromatic N) is 3. The summed E-state index contributed by atoms with van der Waals surface area (Å²) in [4.78, 5) is 10.0. The summed E-state index contributed by atoms with van der Waals surface area (Å²) < 4.78 is 14.0. The van der Waals surface area contributed by atoms with Gasteiger partial charge in [0.1, 0.15) is 6.33 Å². The Bertz CT molecular complexity index is 383. The van der Waals surface area contributed by atoms with Crippen LogP contribution in [0.15, 0.2) is 6.33 Å². The highest BCUT2D eigenvalue weighted by Gasteiger charge is 2.25. The average molecular weight is 238 g/mol. The number of anilines is 1. The molecule has 0 spiro atoms. The van der Waals surface area contributed by atoms with Crippen molar-refractivity contribution >= 4 is 5.82 Å². The highest BCUT2D eigenvalue weighted by Crippen LogP contribution is 2.26. The number of hydrogen-bond donors (Lipinski definition) is 1. The molecule has 4 nitrogen and oxygen atoms in total. The van der Waals surface area contributed by atoms with Gasteiger partial charge in [-0.15, -0.1) is 0 Å². The lowest BCUT2D eigenvalue weighted by Gasteiger charge is -2.18. The molecule has 5 heteroatoms. The summed E-state index contributed by atoms with van der Waals surface area (Å²) in [6.07, 6.45) is 4.13. The first-order chi connectivity index (χ1) is 8.26. The molecular formula is C12H19FN4. The van der Waals surface area contributed by atoms with Gasteiger partial charge in [-0.05, 0) is 31.7 Å². The molecule has 1 atom stereocenters. The van der Waals surface area contributed by atoms with Crippen LogP contribution in [0.2, 0.25) is 0 Å². The SMILES string of the molecule is CCc1ncnc(N2CCC(CCN)C2)c1F. The zero-order valence-corrected chi connectivity index (χ0v) is 10.2. The minimum absolute atomic E-state index is 0.261. The molecule has 0 radical (unpaired) electrons. The van der Waals surface area contributed by atoms with Crippen molar-refractivity contribution in [2.75, 3.05) is 24.5 Å². The second-order valence-corrected chi connectivity index (χ2v) is 4.49. The molecule has 1 aromatic rings. The zero-order chi connectivity index (χ0) is 12.3. The number of halogens is 1. The Morgan fingerprint density at radius 2 is 2.35 bits per heavy atom. The molecule has 1 aromatic heterocycles. The lowest BCUT2D eigenvalue weighted by molar-refractivity contribution is 0.543. The van der Waals surface area contributed by atoms with Crippen LogP contribution >= 0.6 is 0 Å². The largest absolute Gasteiger partial charge is 0.354 e. The summed E-state index contributed by atoms with van der Waals surface area (Å²) in [6.45, 7) is 4.32. The summed E-state index contributed by atoms with van der Waals surface area (Å²) in [5.74, 6) is 0.763. The van der Waals surface area contributed by atoms with E-state index < -0.39 is 0 Å². The summed E-state index contributed by atoms with van der Waals surface area (Å²) in [5.41, 5.74) is 6.05. The first kappa shape index (κ1) is 12.2. The average Bonchev–Trinajstić information content (AvgIpc) is 2.78. The number of rotatable bonds is 4. The second kappa shape index (κ2) is 5.40. The molecule has 0 aromatic carbocycles. The van der Waals surface area contributed by atoms with Crippen LogP contribution < -0.4 is 10.6 Å². The van der Waals surface area contributed by atoms with Gasteiger partial charge in [0.15, 0.2) is 11.6 Å². The van der Waals surface area contributed by atoms with Gasteiger partial charge in [0.05, 0.1) is 5.69 Å². The highest BCUT2D eigenvalue weighted by atomic mass is 19.1. The number of aryl methyl sites for hydroxylation is 1. The van der Waals surface area contributed by atoms with Gasteiger partial charge in [-0.2, -0.15) is 0 Å². The molecule has 0 saturated carbocycles. The minimum Gasteiger partial charge on any atom is -0.354 e. The predicted molar refractivity (Wildman–Crippen MR) is 65.4 cm³/mol. The van der Waals surface area contributed by atoms with Crippen molar-refractivity contribution < 1.29 is 4.39 Å². The van der Waals surface area contributed by atoms with E-state index in [2.05, 4.69) is 9.97 Å². The molecule has 2 N–H and O–H groups in total. The zero-order valence-electron chi connectivity index (χ0n) is 10.2. The van der Waals surface area contributed by atoms with Gasteiger partial charge in [-0.1, -0.05) is 6.92 Å². The Labute approximate surface area is 101 Å². The van der Waals surface area contributed by atoms with E-state index in [-0.39, 0.29) is 5.82 Å². The van der Waals surface area contributed by atoms with Crippen molar-refractivity contribution in [3.8, 4) is 0 Å². The van der Waals surface area contributed by atoms with Crippen LogP contribution in [-0.4, -0.2) is 29.6 Å². The van der Waals surface area contributed by atoms with Gasteiger partial charge in [0.25, 0.3) is 0 Å². The molecule has 1 unspecified atom stereocenters. The molecule has 1 saturated heterocycles. The predicted octanol–water partition coefficient (Wildman–Crippen LogP) is 1.35. The summed E-state index contributed by atoms with van der Waals surface area (Å²) >= 11 is 0. The molecule has 0 amide bonds. The maximum Gasteiger partial charge on any atom is 0.187 e. The number of hydrogen-bond acceptors (Lipinski definition) is 4. The van der Waals surface area contributed by atoms with Crippen LogP contribution in [-0.2, 0) is 6.42 Å². The fourth-order valence-electron chi connectivity index (χ4n) is 2.36. The maximum atomic E-state index is 14.0. The van der Waals surface area contributed by atoms with Crippen molar-refractivity contribution in [3.05, 3.63) is 17.8 Å². The van der Waals surface area contributed by atoms with E-state index in [1.54, 1.807) is 0 Å². The van der Waals surface area contributed by atoms with E-state index in [1.807, 2.05) is 11.8 Å². The first-order valence-corrected chi connectivity index (χ1v) is 6.20. The molecule has 0 aliphatic carbocycles. The molecule has 1 aliphatic heterocycles. The van der Waals surface area contributed by atoms with Gasteiger partial charge in [0.2, 0.25) is 0 Å². The van der Waals surface area contributed by atoms with Crippen LogP contribution in [0, 0.1) is 11.7 Å². The molecule has 94 valence electrons. The van der Waals surface area contributed by atoms with E-state index in [4.69, 9.17) is 5.73 Å². The monoisotopic (exact) mass is 238 g/mol. The van der Waals surface area contributed by atoms with E-state index in [0.717, 1.165) is 25.9 Å². The van der Waals surface area contributed by atoms with Crippen molar-refractivity contribution in [1.82, 2.24) is 9.97 Å². The van der Waals surface area contributed by atoms with Crippen molar-refractivity contribution in [3.63, 3.8) is 0 Å². The lowest BCUT2D eigenvalue weighted by atomic mass is 10.1. The lowest BCUT2D eigenvalue weighted by Crippen LogP contribution is -2.23. The second-order valence-electron chi connectivity index (χ2n) is 4.49. The molecule has 0 bridgehead atoms. The van der Waals surface area contributed by atoms with Crippen molar-refractivity contribution in [2.24, 2.45) is 11.7 Å². The normalized spacial score (nSPS) is 19.9. The summed E-state index contributed by atoms with van der Waals surface area (Å²) in [5, 5.41) is 0. The third kappa shape index (κ3) is 2.54. The van der Waals surface area contributed by atoms with Crippen molar-refractivity contribution in [2.45, 2.75) is 26.2 Å². The standard InChI is InChI=1S/C12H19FN4/c1-2-10-11(13)12(16-8-15-10)17-6-4-9(7-17)3-5-14/h8-9H,2-7,14H2,1H3. The quantitative estimate of drug-likeness (QED) is 0.860. The van der Waals surface area contributed by atoms with Gasteiger partial charge in [0, 0.05) is 13.1 Å². The van der Waals surface area contributed by atoms with Crippen LogP contribution in [0.4, 0.5) is 10.2 Å². The van der Waals surface area contributed by atoms with E-state index in [9.17, 15) is 4.39 Å². The first-order valence-electron chi connectivity index (χ1n) is 6.20. The summed E-state index contributed by atoms with van der Waals surface area (Å²) in [6, 6.07) is 0. The van der Waals surface area contributed by atoms with Crippen LogP contribution in [0.25, 0.3) is 0 Å². The summed E-state index contributed by atoms with van der Waals surface area (Å²) in [7, 11) is 0. The Morgan fingerprint density at radius 3 is 3.06 bits per heavy atom. The van der Waals surface area contributed by atoms with Crippen LogP contribution in [0.1, 0.15) is 25.5 Å². The molecular weight excluding hydrogens is 219 g/mol. The maximum absolute atomic E-state index is 14.0. The topological polar surface area (TPSA) is 55.0 Å². The molecule has 17 heavy (non-hydrogen) atoms. The fourth-order valence-corrected chi connectivity index (χ4v) is 2.36. The molecule has 1 aliphatic rings. The van der Waals surface area contributed by atoms with Gasteiger partial charge in [-0.3, -0.25) is 0 Å². The smallest absolute Gasteiger partial charge is 0.187 e. The van der Waals surface area contributed by atoms with E-state index in [0.29, 0.717) is 30.4 Å². The minimum atomic E-state index is -0.261. The van der Waals surface area contributed by atoms with E-state index in [1.165, 1.54) is 6.33 Å². The molecule has 1 fully saturated rings. The Kier molecular flexibility index (Phi) is 3.89. The Balaban J connectivity index is 2.13. The van der Waals surface area contributed by atoms with Crippen LogP contribution in [0.3, 0.4) is 0 Å². The van der Waals surface area contributed by atoms with Gasteiger partial charge >= 0.3 is 0 Å². The molecule has 2 heterocycles. The Morgan fingerprint density at radius 1 is 1.53 bits per heavy atom.